The molecule has 2 N–H and O–H groups in total. The number of carboxylic acids is 1. The first-order valence-electron chi connectivity index (χ1n) is 15.3. The first-order chi connectivity index (χ1) is 22.2. The fourth-order valence-electron chi connectivity index (χ4n) is 5.11. The summed E-state index contributed by atoms with van der Waals surface area (Å²) < 4.78 is 8.04. The van der Waals surface area contributed by atoms with Gasteiger partial charge in [0.05, 0.1) is 22.3 Å². The van der Waals surface area contributed by atoms with E-state index in [0.29, 0.717) is 39.2 Å². The molecule has 0 aliphatic carbocycles. The van der Waals surface area contributed by atoms with E-state index in [1.165, 1.54) is 12.1 Å². The lowest BCUT2D eigenvalue weighted by Gasteiger charge is -2.20. The molecule has 0 fully saturated rings. The van der Waals surface area contributed by atoms with Crippen molar-refractivity contribution in [3.05, 3.63) is 135 Å². The average molecular weight is 657 g/mol. The number of imidazole rings is 1. The number of nitrogens with zero attached hydrogens (tertiary/aromatic N) is 2. The zero-order chi connectivity index (χ0) is 32.6. The number of aromatic carboxylic acids is 1. The standard InChI is InChI=1S/C37H35Cl2N3O4/c1-3-5-20-42-23-34(31-19-14-28(38)22-32(31)39)40-35(42)33(41-36(43)26-10-6-24(4-2)7-11-26)21-25-8-15-29(16-9-25)46-30-17-12-27(13-18-30)37(44)45/h6-19,22-23,33H,3-5,20-21H2,1-2H3,(H,41,43)(H,44,45)/t33-/m0/s1. The van der Waals surface area contributed by atoms with E-state index < -0.39 is 12.0 Å². The van der Waals surface area contributed by atoms with Crippen LogP contribution in [0.15, 0.2) is 97.2 Å². The molecule has 0 saturated carbocycles. The maximum absolute atomic E-state index is 13.6. The van der Waals surface area contributed by atoms with Crippen LogP contribution in [-0.4, -0.2) is 26.5 Å². The smallest absolute Gasteiger partial charge is 0.335 e. The van der Waals surface area contributed by atoms with Crippen molar-refractivity contribution in [2.24, 2.45) is 0 Å². The molecule has 0 saturated heterocycles. The topological polar surface area (TPSA) is 93.5 Å². The van der Waals surface area contributed by atoms with Crippen LogP contribution in [0.25, 0.3) is 11.3 Å². The van der Waals surface area contributed by atoms with Crippen LogP contribution in [0.3, 0.4) is 0 Å². The molecule has 0 unspecified atom stereocenters. The van der Waals surface area contributed by atoms with Crippen molar-refractivity contribution in [1.82, 2.24) is 14.9 Å². The van der Waals surface area contributed by atoms with Gasteiger partial charge in [0.1, 0.15) is 17.3 Å². The van der Waals surface area contributed by atoms with Crippen LogP contribution in [0.1, 0.15) is 70.4 Å². The highest BCUT2D eigenvalue weighted by Gasteiger charge is 2.24. The second-order valence-electron chi connectivity index (χ2n) is 11.0. The molecule has 1 amide bonds. The third kappa shape index (κ3) is 8.16. The van der Waals surface area contributed by atoms with Crippen molar-refractivity contribution in [3.8, 4) is 22.8 Å². The van der Waals surface area contributed by atoms with Crippen LogP contribution in [0.2, 0.25) is 10.0 Å². The summed E-state index contributed by atoms with van der Waals surface area (Å²) in [5, 5.41) is 13.5. The summed E-state index contributed by atoms with van der Waals surface area (Å²) in [5.41, 5.74) is 4.37. The number of halogens is 2. The van der Waals surface area contributed by atoms with Crippen LogP contribution in [0.5, 0.6) is 11.5 Å². The van der Waals surface area contributed by atoms with Gasteiger partial charge in [-0.15, -0.1) is 0 Å². The van der Waals surface area contributed by atoms with Crippen molar-refractivity contribution in [3.63, 3.8) is 0 Å². The lowest BCUT2D eigenvalue weighted by molar-refractivity contribution is 0.0696. The molecule has 236 valence electrons. The van der Waals surface area contributed by atoms with Crippen LogP contribution in [-0.2, 0) is 19.4 Å². The molecule has 7 nitrogen and oxygen atoms in total. The normalized spacial score (nSPS) is 11.7. The number of amides is 1. The molecule has 0 aliphatic rings. The summed E-state index contributed by atoms with van der Waals surface area (Å²) in [7, 11) is 0. The highest BCUT2D eigenvalue weighted by molar-refractivity contribution is 6.36. The van der Waals surface area contributed by atoms with E-state index in [-0.39, 0.29) is 11.5 Å². The Hall–Kier alpha value is -4.59. The first-order valence-corrected chi connectivity index (χ1v) is 16.0. The van der Waals surface area contributed by atoms with Gasteiger partial charge in [0, 0.05) is 28.9 Å². The van der Waals surface area contributed by atoms with Crippen LogP contribution < -0.4 is 10.1 Å². The van der Waals surface area contributed by atoms with Crippen LogP contribution in [0.4, 0.5) is 0 Å². The zero-order valence-electron chi connectivity index (χ0n) is 25.7. The lowest BCUT2D eigenvalue weighted by Crippen LogP contribution is -2.32. The summed E-state index contributed by atoms with van der Waals surface area (Å²) in [5.74, 6) is 0.686. The number of benzene rings is 4. The fourth-order valence-corrected chi connectivity index (χ4v) is 5.62. The minimum Gasteiger partial charge on any atom is -0.478 e. The molecular weight excluding hydrogens is 621 g/mol. The summed E-state index contributed by atoms with van der Waals surface area (Å²) in [6.07, 6.45) is 5.29. The van der Waals surface area contributed by atoms with E-state index in [4.69, 9.17) is 38.0 Å². The van der Waals surface area contributed by atoms with E-state index in [1.807, 2.05) is 60.8 Å². The van der Waals surface area contributed by atoms with Gasteiger partial charge in [0.15, 0.2) is 0 Å². The number of hydrogen-bond acceptors (Lipinski definition) is 4. The van der Waals surface area contributed by atoms with E-state index in [2.05, 4.69) is 23.7 Å². The Morgan fingerprint density at radius 2 is 1.50 bits per heavy atom. The highest BCUT2D eigenvalue weighted by Crippen LogP contribution is 2.32. The van der Waals surface area contributed by atoms with Gasteiger partial charge < -0.3 is 19.7 Å². The largest absolute Gasteiger partial charge is 0.478 e. The van der Waals surface area contributed by atoms with Crippen LogP contribution >= 0.6 is 23.2 Å². The summed E-state index contributed by atoms with van der Waals surface area (Å²) in [6.45, 7) is 4.95. The van der Waals surface area contributed by atoms with Crippen molar-refractivity contribution in [2.45, 2.75) is 52.1 Å². The van der Waals surface area contributed by atoms with Gasteiger partial charge in [0.25, 0.3) is 5.91 Å². The molecule has 9 heteroatoms. The molecule has 0 aliphatic heterocycles. The Balaban J connectivity index is 1.45. The molecule has 4 aromatic carbocycles. The maximum atomic E-state index is 13.6. The minimum absolute atomic E-state index is 0.187. The number of carbonyl (C=O) groups excluding carboxylic acids is 1. The van der Waals surface area contributed by atoms with Crippen molar-refractivity contribution in [1.29, 1.82) is 0 Å². The molecule has 0 spiro atoms. The lowest BCUT2D eigenvalue weighted by atomic mass is 10.0. The fraction of sp³-hybridized carbons (Fsp3) is 0.216. The number of aryl methyl sites for hydroxylation is 2. The molecule has 46 heavy (non-hydrogen) atoms. The number of unbranched alkanes of at least 4 members (excludes halogenated alkanes) is 1. The van der Waals surface area contributed by atoms with Crippen LogP contribution in [0, 0.1) is 0 Å². The minimum atomic E-state index is -0.991. The van der Waals surface area contributed by atoms with Gasteiger partial charge >= 0.3 is 5.97 Å². The number of carbonyl (C=O) groups is 2. The third-order valence-corrected chi connectivity index (χ3v) is 8.26. The highest BCUT2D eigenvalue weighted by atomic mass is 35.5. The predicted octanol–water partition coefficient (Wildman–Crippen LogP) is 9.42. The van der Waals surface area contributed by atoms with Crippen molar-refractivity contribution in [2.75, 3.05) is 0 Å². The number of ether oxygens (including phenoxy) is 1. The van der Waals surface area contributed by atoms with Gasteiger partial charge in [-0.2, -0.15) is 0 Å². The Kier molecular flexibility index (Phi) is 10.8. The molecule has 1 atom stereocenters. The van der Waals surface area contributed by atoms with Gasteiger partial charge in [0.2, 0.25) is 0 Å². The Labute approximate surface area is 278 Å². The summed E-state index contributed by atoms with van der Waals surface area (Å²) in [4.78, 5) is 29.8. The Morgan fingerprint density at radius 3 is 2.11 bits per heavy atom. The second-order valence-corrected chi connectivity index (χ2v) is 11.9. The maximum Gasteiger partial charge on any atom is 0.335 e. The molecule has 0 bridgehead atoms. The van der Waals surface area contributed by atoms with E-state index >= 15 is 0 Å². The number of carboxylic acid groups (broad SMARTS) is 1. The summed E-state index contributed by atoms with van der Waals surface area (Å²) >= 11 is 12.8. The predicted molar refractivity (Wildman–Crippen MR) is 182 cm³/mol. The Bertz CT molecular complexity index is 1800. The van der Waals surface area contributed by atoms with Crippen molar-refractivity contribution < 1.29 is 19.4 Å². The monoisotopic (exact) mass is 655 g/mol. The van der Waals surface area contributed by atoms with Gasteiger partial charge in [-0.1, -0.05) is 67.7 Å². The Morgan fingerprint density at radius 1 is 0.870 bits per heavy atom. The number of rotatable bonds is 13. The van der Waals surface area contributed by atoms with Gasteiger partial charge in [-0.3, -0.25) is 4.79 Å². The van der Waals surface area contributed by atoms with Crippen molar-refractivity contribution >= 4 is 35.1 Å². The SMILES string of the molecule is CCCCn1cc(-c2ccc(Cl)cc2Cl)nc1[C@H](Cc1ccc(Oc2ccc(C(=O)O)cc2)cc1)NC(=O)c1ccc(CC)cc1. The molecular formula is C37H35Cl2N3O4. The molecule has 1 heterocycles. The van der Waals surface area contributed by atoms with E-state index in [0.717, 1.165) is 48.3 Å². The number of aromatic nitrogens is 2. The first kappa shape index (κ1) is 32.8. The number of nitrogens with one attached hydrogen (secondary N) is 1. The quantitative estimate of drug-likeness (QED) is 0.132. The molecule has 5 aromatic rings. The third-order valence-electron chi connectivity index (χ3n) is 7.71. The molecule has 1 aromatic heterocycles. The van der Waals surface area contributed by atoms with E-state index in [1.54, 1.807) is 24.3 Å². The molecule has 5 rings (SSSR count). The van der Waals surface area contributed by atoms with Gasteiger partial charge in [-0.25, -0.2) is 9.78 Å². The number of hydrogen-bond donors (Lipinski definition) is 2. The average Bonchev–Trinajstić information content (AvgIpc) is 3.48. The summed E-state index contributed by atoms with van der Waals surface area (Å²) in [6, 6.07) is 26.4. The molecule has 0 radical (unpaired) electrons. The van der Waals surface area contributed by atoms with Gasteiger partial charge in [-0.05, 0) is 97.1 Å². The zero-order valence-corrected chi connectivity index (χ0v) is 27.2. The second kappa shape index (κ2) is 15.1. The van der Waals surface area contributed by atoms with E-state index in [9.17, 15) is 9.59 Å².